The number of aryl methyl sites for hydroxylation is 1. The van der Waals surface area contributed by atoms with Crippen LogP contribution in [0.4, 0.5) is 22.0 Å². The molecule has 0 spiro atoms. The molecule has 0 atom stereocenters. The molecule has 112 valence electrons. The maximum Gasteiger partial charge on any atom is 0.461 e. The van der Waals surface area contributed by atoms with Crippen LogP contribution in [0.5, 0.6) is 0 Å². The Kier molecular flexibility index (Phi) is 5.65. The Morgan fingerprint density at radius 1 is 0.900 bits per heavy atom. The molecule has 1 nitrogen and oxygen atoms in total. The number of hydrogen-bond donors (Lipinski definition) is 0. The van der Waals surface area contributed by atoms with Gasteiger partial charge in [-0.1, -0.05) is 36.8 Å². The third-order valence-electron chi connectivity index (χ3n) is 2.92. The number of halogens is 5. The number of alkyl halides is 5. The van der Waals surface area contributed by atoms with E-state index >= 15 is 0 Å². The van der Waals surface area contributed by atoms with Gasteiger partial charge in [-0.2, -0.15) is 22.0 Å². The van der Waals surface area contributed by atoms with E-state index in [0.29, 0.717) is 19.3 Å². The first-order chi connectivity index (χ1) is 9.25. The minimum atomic E-state index is -5.80. The molecule has 0 aliphatic carbocycles. The summed E-state index contributed by atoms with van der Waals surface area (Å²) in [7, 11) is 0. The van der Waals surface area contributed by atoms with E-state index in [2.05, 4.69) is 0 Å². The molecular weight excluding hydrogens is 279 g/mol. The highest BCUT2D eigenvalue weighted by molar-refractivity contribution is 5.86. The monoisotopic (exact) mass is 294 g/mol. The summed E-state index contributed by atoms with van der Waals surface area (Å²) in [5, 5.41) is 0. The maximum absolute atomic E-state index is 12.6. The van der Waals surface area contributed by atoms with E-state index in [-0.39, 0.29) is 6.42 Å². The van der Waals surface area contributed by atoms with Crippen LogP contribution < -0.4 is 0 Å². The molecule has 0 fully saturated rings. The molecule has 0 saturated heterocycles. The molecule has 0 unspecified atom stereocenters. The smallest absolute Gasteiger partial charge is 0.293 e. The third kappa shape index (κ3) is 4.58. The van der Waals surface area contributed by atoms with Gasteiger partial charge in [0.15, 0.2) is 0 Å². The zero-order valence-electron chi connectivity index (χ0n) is 10.7. The van der Waals surface area contributed by atoms with Crippen molar-refractivity contribution >= 4 is 5.78 Å². The van der Waals surface area contributed by atoms with Crippen LogP contribution >= 0.6 is 0 Å². The molecule has 1 rings (SSSR count). The number of carbonyl (C=O) groups is 1. The van der Waals surface area contributed by atoms with Crippen LogP contribution in [-0.4, -0.2) is 17.9 Å². The lowest BCUT2D eigenvalue weighted by Crippen LogP contribution is -2.43. The Labute approximate surface area is 113 Å². The van der Waals surface area contributed by atoms with E-state index < -0.39 is 24.3 Å². The van der Waals surface area contributed by atoms with Gasteiger partial charge in [-0.25, -0.2) is 0 Å². The van der Waals surface area contributed by atoms with Gasteiger partial charge in [-0.05, 0) is 24.8 Å². The summed E-state index contributed by atoms with van der Waals surface area (Å²) in [6.45, 7) is 0. The molecule has 6 heteroatoms. The van der Waals surface area contributed by atoms with E-state index in [1.165, 1.54) is 0 Å². The van der Waals surface area contributed by atoms with Gasteiger partial charge < -0.3 is 0 Å². The summed E-state index contributed by atoms with van der Waals surface area (Å²) in [6.07, 6.45) is -4.71. The van der Waals surface area contributed by atoms with Crippen LogP contribution in [0, 0.1) is 0 Å². The largest absolute Gasteiger partial charge is 0.461 e. The predicted octanol–water partition coefficient (Wildman–Crippen LogP) is 4.56. The third-order valence-corrected chi connectivity index (χ3v) is 2.92. The average molecular weight is 294 g/mol. The number of carbonyl (C=O) groups excluding carboxylic acids is 1. The number of unbranched alkanes of at least 4 members (excludes halogenated alkanes) is 2. The number of benzene rings is 1. The fourth-order valence-electron chi connectivity index (χ4n) is 1.75. The Balaban J connectivity index is 2.26. The molecule has 0 aliphatic heterocycles. The summed E-state index contributed by atoms with van der Waals surface area (Å²) in [5.74, 6) is -7.28. The van der Waals surface area contributed by atoms with Crippen LogP contribution in [-0.2, 0) is 11.2 Å². The molecule has 20 heavy (non-hydrogen) atoms. The minimum Gasteiger partial charge on any atom is -0.293 e. The second kappa shape index (κ2) is 6.81. The predicted molar refractivity (Wildman–Crippen MR) is 64.6 cm³/mol. The average Bonchev–Trinajstić information content (AvgIpc) is 2.38. The lowest BCUT2D eigenvalue weighted by atomic mass is 10.0. The molecule has 0 aromatic heterocycles. The standard InChI is InChI=1S/C14H15F5O/c15-13(16,14(17,18)19)12(20)10-6-2-5-9-11-7-3-1-4-8-11/h1,3-4,7-8H,2,5-6,9-10H2. The normalized spacial score (nSPS) is 12.4. The summed E-state index contributed by atoms with van der Waals surface area (Å²) in [5.41, 5.74) is 1.07. The number of Topliss-reactive ketones (excluding diaryl/α,β-unsaturated/α-hetero) is 1. The Hall–Kier alpha value is -1.46. The Bertz CT molecular complexity index is 425. The molecule has 0 saturated carbocycles. The van der Waals surface area contributed by atoms with E-state index in [1.807, 2.05) is 30.3 Å². The highest BCUT2D eigenvalue weighted by Crippen LogP contribution is 2.37. The maximum atomic E-state index is 12.6. The number of rotatable bonds is 7. The molecule has 0 amide bonds. The van der Waals surface area contributed by atoms with Crippen molar-refractivity contribution in [3.05, 3.63) is 35.9 Å². The molecule has 1 aromatic rings. The highest BCUT2D eigenvalue weighted by atomic mass is 19.4. The summed E-state index contributed by atoms with van der Waals surface area (Å²) < 4.78 is 61.0. The molecular formula is C14H15F5O. The summed E-state index contributed by atoms with van der Waals surface area (Å²) >= 11 is 0. The van der Waals surface area contributed by atoms with Crippen LogP contribution in [0.25, 0.3) is 0 Å². The van der Waals surface area contributed by atoms with Gasteiger partial charge in [0.05, 0.1) is 0 Å². The van der Waals surface area contributed by atoms with Crippen molar-refractivity contribution in [3.8, 4) is 0 Å². The van der Waals surface area contributed by atoms with Gasteiger partial charge in [0.1, 0.15) is 0 Å². The van der Waals surface area contributed by atoms with Gasteiger partial charge in [0.2, 0.25) is 5.78 Å². The fraction of sp³-hybridized carbons (Fsp3) is 0.500. The lowest BCUT2D eigenvalue weighted by Gasteiger charge is -2.17. The first-order valence-corrected chi connectivity index (χ1v) is 6.27. The molecule has 1 aromatic carbocycles. The molecule has 0 bridgehead atoms. The topological polar surface area (TPSA) is 17.1 Å². The zero-order valence-corrected chi connectivity index (χ0v) is 10.7. The van der Waals surface area contributed by atoms with Crippen molar-refractivity contribution in [2.45, 2.75) is 44.2 Å². The van der Waals surface area contributed by atoms with Gasteiger partial charge >= 0.3 is 12.1 Å². The Morgan fingerprint density at radius 3 is 2.05 bits per heavy atom. The SMILES string of the molecule is O=C(CCCCCc1ccccc1)C(F)(F)C(F)(F)F. The zero-order chi connectivity index (χ0) is 15.2. The molecule has 0 heterocycles. The fourth-order valence-corrected chi connectivity index (χ4v) is 1.75. The lowest BCUT2D eigenvalue weighted by molar-refractivity contribution is -0.268. The van der Waals surface area contributed by atoms with Gasteiger partial charge in [0.25, 0.3) is 0 Å². The van der Waals surface area contributed by atoms with Gasteiger partial charge in [0, 0.05) is 6.42 Å². The van der Waals surface area contributed by atoms with E-state index in [9.17, 15) is 26.7 Å². The quantitative estimate of drug-likeness (QED) is 0.532. The van der Waals surface area contributed by atoms with E-state index in [0.717, 1.165) is 5.56 Å². The van der Waals surface area contributed by atoms with Crippen molar-refractivity contribution in [2.75, 3.05) is 0 Å². The minimum absolute atomic E-state index is 0.0390. The second-order valence-corrected chi connectivity index (χ2v) is 4.54. The van der Waals surface area contributed by atoms with Crippen LogP contribution in [0.15, 0.2) is 30.3 Å². The van der Waals surface area contributed by atoms with E-state index in [1.54, 1.807) is 0 Å². The molecule has 0 radical (unpaired) electrons. The van der Waals surface area contributed by atoms with E-state index in [4.69, 9.17) is 0 Å². The van der Waals surface area contributed by atoms with Crippen LogP contribution in [0.2, 0.25) is 0 Å². The van der Waals surface area contributed by atoms with Crippen molar-refractivity contribution in [2.24, 2.45) is 0 Å². The van der Waals surface area contributed by atoms with Crippen molar-refractivity contribution < 1.29 is 26.7 Å². The highest BCUT2D eigenvalue weighted by Gasteiger charge is 2.62. The van der Waals surface area contributed by atoms with Crippen molar-refractivity contribution in [3.63, 3.8) is 0 Å². The first kappa shape index (κ1) is 16.6. The number of ketones is 1. The van der Waals surface area contributed by atoms with Crippen molar-refractivity contribution in [1.82, 2.24) is 0 Å². The van der Waals surface area contributed by atoms with Gasteiger partial charge in [-0.15, -0.1) is 0 Å². The second-order valence-electron chi connectivity index (χ2n) is 4.54. The first-order valence-electron chi connectivity index (χ1n) is 6.27. The van der Waals surface area contributed by atoms with Crippen molar-refractivity contribution in [1.29, 1.82) is 0 Å². The van der Waals surface area contributed by atoms with Gasteiger partial charge in [-0.3, -0.25) is 4.79 Å². The van der Waals surface area contributed by atoms with Crippen LogP contribution in [0.1, 0.15) is 31.2 Å². The summed E-state index contributed by atoms with van der Waals surface area (Å²) in [6, 6.07) is 9.40. The summed E-state index contributed by atoms with van der Waals surface area (Å²) in [4.78, 5) is 10.9. The van der Waals surface area contributed by atoms with Crippen LogP contribution in [0.3, 0.4) is 0 Å². The molecule has 0 aliphatic rings. The Morgan fingerprint density at radius 2 is 1.50 bits per heavy atom. The molecule has 0 N–H and O–H groups in total. The number of hydrogen-bond acceptors (Lipinski definition) is 1.